The Balaban J connectivity index is 1.27. The van der Waals surface area contributed by atoms with E-state index in [1.807, 2.05) is 6.20 Å². The average molecular weight is 269 g/mol. The minimum atomic E-state index is 0.853. The summed E-state index contributed by atoms with van der Waals surface area (Å²) in [6.07, 6.45) is 6.26. The van der Waals surface area contributed by atoms with Gasteiger partial charge < -0.3 is 15.2 Å². The van der Waals surface area contributed by atoms with Crippen LogP contribution in [0.15, 0.2) is 30.5 Å². The quantitative estimate of drug-likeness (QED) is 0.874. The average Bonchev–Trinajstić information content (AvgIpc) is 3.02. The smallest absolute Gasteiger partial charge is 0.0454 e. The van der Waals surface area contributed by atoms with Crippen molar-refractivity contribution in [2.24, 2.45) is 5.92 Å². The summed E-state index contributed by atoms with van der Waals surface area (Å²) in [6, 6.07) is 9.76. The number of hydrogen-bond acceptors (Lipinski definition) is 2. The summed E-state index contributed by atoms with van der Waals surface area (Å²) in [5.74, 6) is 0.853. The lowest BCUT2D eigenvalue weighted by molar-refractivity contribution is 0.312. The van der Waals surface area contributed by atoms with Crippen molar-refractivity contribution in [1.29, 1.82) is 0 Å². The van der Waals surface area contributed by atoms with Crippen molar-refractivity contribution in [3.63, 3.8) is 0 Å². The van der Waals surface area contributed by atoms with Crippen LogP contribution < -0.4 is 5.32 Å². The highest BCUT2D eigenvalue weighted by Crippen LogP contribution is 2.31. The molecule has 1 saturated heterocycles. The summed E-state index contributed by atoms with van der Waals surface area (Å²) in [5.41, 5.74) is 2.61. The molecule has 1 atom stereocenters. The van der Waals surface area contributed by atoms with Gasteiger partial charge in [0.1, 0.15) is 0 Å². The highest BCUT2D eigenvalue weighted by Gasteiger charge is 2.33. The van der Waals surface area contributed by atoms with Crippen LogP contribution in [-0.4, -0.2) is 35.6 Å². The number of rotatable bonds is 5. The third kappa shape index (κ3) is 2.60. The van der Waals surface area contributed by atoms with Crippen LogP contribution in [0.1, 0.15) is 24.8 Å². The van der Waals surface area contributed by atoms with E-state index in [4.69, 9.17) is 0 Å². The maximum absolute atomic E-state index is 3.64. The van der Waals surface area contributed by atoms with E-state index in [9.17, 15) is 0 Å². The van der Waals surface area contributed by atoms with Gasteiger partial charge in [-0.05, 0) is 67.4 Å². The predicted octanol–water partition coefficient (Wildman–Crippen LogP) is 2.74. The van der Waals surface area contributed by atoms with Gasteiger partial charge >= 0.3 is 0 Å². The summed E-state index contributed by atoms with van der Waals surface area (Å²) in [4.78, 5) is 5.94. The Morgan fingerprint density at radius 2 is 2.15 bits per heavy atom. The Labute approximate surface area is 120 Å². The van der Waals surface area contributed by atoms with Crippen molar-refractivity contribution in [3.05, 3.63) is 36.0 Å². The SMILES string of the molecule is c1cc2cc(CNCC3CCN(C4CC4)C3)ccc2[nH]1. The number of fused-ring (bicyclic) bond motifs is 1. The summed E-state index contributed by atoms with van der Waals surface area (Å²) in [7, 11) is 0. The number of hydrogen-bond donors (Lipinski definition) is 2. The molecule has 2 fully saturated rings. The van der Waals surface area contributed by atoms with E-state index in [-0.39, 0.29) is 0 Å². The number of benzene rings is 1. The van der Waals surface area contributed by atoms with E-state index < -0.39 is 0 Å². The highest BCUT2D eigenvalue weighted by molar-refractivity contribution is 5.79. The van der Waals surface area contributed by atoms with Crippen LogP contribution in [0.3, 0.4) is 0 Å². The van der Waals surface area contributed by atoms with E-state index >= 15 is 0 Å². The molecular weight excluding hydrogens is 246 g/mol. The number of likely N-dealkylation sites (tertiary alicyclic amines) is 1. The molecule has 0 radical (unpaired) electrons. The summed E-state index contributed by atoms with van der Waals surface area (Å²) < 4.78 is 0. The monoisotopic (exact) mass is 269 g/mol. The third-order valence-electron chi connectivity index (χ3n) is 4.76. The fraction of sp³-hybridized carbons (Fsp3) is 0.529. The van der Waals surface area contributed by atoms with Crippen LogP contribution in [0.5, 0.6) is 0 Å². The first-order valence-corrected chi connectivity index (χ1v) is 7.89. The van der Waals surface area contributed by atoms with E-state index in [2.05, 4.69) is 39.5 Å². The van der Waals surface area contributed by atoms with E-state index in [0.717, 1.165) is 25.0 Å². The molecule has 2 N–H and O–H groups in total. The van der Waals surface area contributed by atoms with Gasteiger partial charge in [0.05, 0.1) is 0 Å². The van der Waals surface area contributed by atoms with Crippen molar-refractivity contribution in [3.8, 4) is 0 Å². The summed E-state index contributed by atoms with van der Waals surface area (Å²) in [6.45, 7) is 4.79. The Bertz CT molecular complexity index is 585. The first kappa shape index (κ1) is 12.4. The zero-order chi connectivity index (χ0) is 13.4. The lowest BCUT2D eigenvalue weighted by Gasteiger charge is -2.15. The van der Waals surface area contributed by atoms with Crippen LogP contribution >= 0.6 is 0 Å². The van der Waals surface area contributed by atoms with Gasteiger partial charge in [0.25, 0.3) is 0 Å². The van der Waals surface area contributed by atoms with Crippen molar-refractivity contribution in [1.82, 2.24) is 15.2 Å². The molecular formula is C17H23N3. The van der Waals surface area contributed by atoms with Gasteiger partial charge in [0.15, 0.2) is 0 Å². The van der Waals surface area contributed by atoms with Crippen LogP contribution in [-0.2, 0) is 6.54 Å². The van der Waals surface area contributed by atoms with E-state index in [1.165, 1.54) is 48.8 Å². The van der Waals surface area contributed by atoms with Crippen molar-refractivity contribution in [2.45, 2.75) is 31.8 Å². The van der Waals surface area contributed by atoms with Crippen LogP contribution in [0.4, 0.5) is 0 Å². The first-order valence-electron chi connectivity index (χ1n) is 7.89. The minimum absolute atomic E-state index is 0.853. The zero-order valence-corrected chi connectivity index (χ0v) is 11.9. The molecule has 20 heavy (non-hydrogen) atoms. The van der Waals surface area contributed by atoms with Gasteiger partial charge in [-0.1, -0.05) is 6.07 Å². The largest absolute Gasteiger partial charge is 0.361 e. The Kier molecular flexibility index (Phi) is 3.25. The lowest BCUT2D eigenvalue weighted by atomic mass is 10.1. The Hall–Kier alpha value is -1.32. The molecule has 0 spiro atoms. The molecule has 2 aromatic rings. The fourth-order valence-electron chi connectivity index (χ4n) is 3.43. The molecule has 1 unspecified atom stereocenters. The topological polar surface area (TPSA) is 31.1 Å². The summed E-state index contributed by atoms with van der Waals surface area (Å²) in [5, 5.41) is 4.95. The fourth-order valence-corrected chi connectivity index (χ4v) is 3.43. The van der Waals surface area contributed by atoms with Gasteiger partial charge in [0.2, 0.25) is 0 Å². The molecule has 0 bridgehead atoms. The third-order valence-corrected chi connectivity index (χ3v) is 4.76. The summed E-state index contributed by atoms with van der Waals surface area (Å²) >= 11 is 0. The van der Waals surface area contributed by atoms with Crippen molar-refractivity contribution < 1.29 is 0 Å². The molecule has 1 aliphatic carbocycles. The minimum Gasteiger partial charge on any atom is -0.361 e. The first-order chi connectivity index (χ1) is 9.88. The highest BCUT2D eigenvalue weighted by atomic mass is 15.2. The molecule has 3 heteroatoms. The van der Waals surface area contributed by atoms with Gasteiger partial charge in [-0.15, -0.1) is 0 Å². The number of nitrogens with zero attached hydrogens (tertiary/aromatic N) is 1. The predicted molar refractivity (Wildman–Crippen MR) is 82.7 cm³/mol. The molecule has 4 rings (SSSR count). The van der Waals surface area contributed by atoms with Crippen LogP contribution in [0.2, 0.25) is 0 Å². The van der Waals surface area contributed by atoms with Crippen LogP contribution in [0, 0.1) is 5.92 Å². The standard InChI is InChI=1S/C17H23N3/c1-4-17-15(5-7-19-17)9-13(1)10-18-11-14-6-8-20(12-14)16-2-3-16/h1,4-5,7,9,14,16,18-19H,2-3,6,8,10-12H2. The molecule has 3 nitrogen and oxygen atoms in total. The lowest BCUT2D eigenvalue weighted by Crippen LogP contribution is -2.27. The number of nitrogens with one attached hydrogen (secondary N) is 2. The second-order valence-corrected chi connectivity index (χ2v) is 6.41. The molecule has 1 saturated carbocycles. The van der Waals surface area contributed by atoms with Gasteiger partial charge in [0, 0.05) is 30.8 Å². The number of H-pyrrole nitrogens is 1. The van der Waals surface area contributed by atoms with E-state index in [1.54, 1.807) is 0 Å². The maximum Gasteiger partial charge on any atom is 0.0454 e. The molecule has 1 aromatic carbocycles. The second kappa shape index (κ2) is 5.23. The number of aromatic amines is 1. The number of aromatic nitrogens is 1. The molecule has 2 aliphatic rings. The Morgan fingerprint density at radius 3 is 3.05 bits per heavy atom. The van der Waals surface area contributed by atoms with E-state index in [0.29, 0.717) is 0 Å². The van der Waals surface area contributed by atoms with Crippen molar-refractivity contribution >= 4 is 10.9 Å². The normalized spacial score (nSPS) is 23.7. The van der Waals surface area contributed by atoms with Gasteiger partial charge in [-0.2, -0.15) is 0 Å². The van der Waals surface area contributed by atoms with Crippen LogP contribution in [0.25, 0.3) is 10.9 Å². The molecule has 1 aromatic heterocycles. The molecule has 0 amide bonds. The molecule has 1 aliphatic heterocycles. The molecule has 2 heterocycles. The maximum atomic E-state index is 3.64. The Morgan fingerprint density at radius 1 is 1.20 bits per heavy atom. The van der Waals surface area contributed by atoms with Crippen molar-refractivity contribution in [2.75, 3.05) is 19.6 Å². The van der Waals surface area contributed by atoms with Gasteiger partial charge in [-0.25, -0.2) is 0 Å². The molecule has 106 valence electrons. The zero-order valence-electron chi connectivity index (χ0n) is 11.9. The van der Waals surface area contributed by atoms with Gasteiger partial charge in [-0.3, -0.25) is 0 Å². The second-order valence-electron chi connectivity index (χ2n) is 6.41.